The molecular weight excluding hydrogens is 250 g/mol. The van der Waals surface area contributed by atoms with Gasteiger partial charge < -0.3 is 0 Å². The molecule has 1 aliphatic rings. The topological polar surface area (TPSA) is 29.4 Å². The summed E-state index contributed by atoms with van der Waals surface area (Å²) in [7, 11) is -2.04. The highest BCUT2D eigenvalue weighted by molar-refractivity contribution is 7.93. The molecule has 1 aromatic rings. The minimum absolute atomic E-state index is 0.496. The summed E-state index contributed by atoms with van der Waals surface area (Å²) in [6, 6.07) is 5.41. The highest BCUT2D eigenvalue weighted by atomic mass is 35.5. The first-order valence-corrected chi connectivity index (χ1v) is 7.49. The Hall–Kier alpha value is -0.190. The van der Waals surface area contributed by atoms with Gasteiger partial charge in [-0.2, -0.15) is 4.36 Å². The van der Waals surface area contributed by atoms with Crippen molar-refractivity contribution >= 4 is 39.6 Å². The molecule has 0 radical (unpaired) electrons. The van der Waals surface area contributed by atoms with Crippen LogP contribution in [-0.2, 0) is 9.73 Å². The number of halogens is 1. The third kappa shape index (κ3) is 2.49. The third-order valence-corrected chi connectivity index (χ3v) is 5.68. The molecule has 0 bridgehead atoms. The summed E-state index contributed by atoms with van der Waals surface area (Å²) in [6.45, 7) is 0. The van der Waals surface area contributed by atoms with Crippen molar-refractivity contribution in [3.05, 3.63) is 23.2 Å². The Morgan fingerprint density at radius 1 is 1.33 bits per heavy atom. The second-order valence-electron chi connectivity index (χ2n) is 3.59. The molecule has 0 spiro atoms. The van der Waals surface area contributed by atoms with E-state index in [1.54, 1.807) is 12.1 Å². The van der Waals surface area contributed by atoms with Gasteiger partial charge in [0, 0.05) is 16.4 Å². The smallest absolute Gasteiger partial charge is 0.0927 e. The quantitative estimate of drug-likeness (QED) is 0.770. The maximum absolute atomic E-state index is 12.2. The van der Waals surface area contributed by atoms with Gasteiger partial charge in [0.2, 0.25) is 0 Å². The van der Waals surface area contributed by atoms with E-state index >= 15 is 0 Å². The Balaban J connectivity index is 2.47. The number of thiol groups is 1. The summed E-state index contributed by atoms with van der Waals surface area (Å²) < 4.78 is 16.5. The fourth-order valence-corrected chi connectivity index (χ4v) is 4.23. The van der Waals surface area contributed by atoms with Gasteiger partial charge in [-0.1, -0.05) is 17.7 Å². The zero-order valence-corrected chi connectivity index (χ0v) is 10.6. The van der Waals surface area contributed by atoms with Gasteiger partial charge in [0.1, 0.15) is 0 Å². The van der Waals surface area contributed by atoms with Gasteiger partial charge >= 0.3 is 0 Å². The monoisotopic (exact) mass is 261 g/mol. The summed E-state index contributed by atoms with van der Waals surface area (Å²) in [4.78, 5) is 0.680. The van der Waals surface area contributed by atoms with Crippen LogP contribution in [0.15, 0.2) is 27.5 Å². The number of rotatable bonds is 1. The summed E-state index contributed by atoms with van der Waals surface area (Å²) >= 11 is 10.2. The van der Waals surface area contributed by atoms with E-state index < -0.39 is 9.73 Å². The zero-order valence-electron chi connectivity index (χ0n) is 8.15. The average molecular weight is 262 g/mol. The molecule has 0 saturated carbocycles. The number of nitrogens with zero attached hydrogens (tertiary/aromatic N) is 1. The molecule has 1 aromatic carbocycles. The molecule has 0 atom stereocenters. The van der Waals surface area contributed by atoms with Crippen molar-refractivity contribution in [3.8, 4) is 0 Å². The molecule has 0 N–H and O–H groups in total. The average Bonchev–Trinajstić information content (AvgIpc) is 2.60. The van der Waals surface area contributed by atoms with Gasteiger partial charge in [-0.3, -0.25) is 0 Å². The fraction of sp³-hybridized carbons (Fsp3) is 0.400. The number of hydrogen-bond donors (Lipinski definition) is 1. The molecule has 1 aliphatic heterocycles. The predicted molar refractivity (Wildman–Crippen MR) is 67.9 cm³/mol. The summed E-state index contributed by atoms with van der Waals surface area (Å²) in [5.41, 5.74) is 0.607. The maximum atomic E-state index is 12.2. The van der Waals surface area contributed by atoms with Gasteiger partial charge in [0.05, 0.1) is 20.4 Å². The first kappa shape index (κ1) is 11.3. The van der Waals surface area contributed by atoms with E-state index in [2.05, 4.69) is 17.0 Å². The van der Waals surface area contributed by atoms with E-state index in [1.165, 1.54) is 0 Å². The molecule has 0 amide bonds. The third-order valence-electron chi connectivity index (χ3n) is 2.40. The molecule has 2 rings (SSSR count). The summed E-state index contributed by atoms with van der Waals surface area (Å²) in [5.74, 6) is 1.39. The van der Waals surface area contributed by atoms with Crippen LogP contribution in [0.25, 0.3) is 0 Å². The second kappa shape index (κ2) is 4.36. The Morgan fingerprint density at radius 3 is 2.67 bits per heavy atom. The minimum atomic E-state index is -2.04. The van der Waals surface area contributed by atoms with E-state index in [1.807, 2.05) is 6.07 Å². The largest absolute Gasteiger partial charge is 0.249 e. The SMILES string of the molecule is O=S1(=Nc2cccc(S)c2Cl)CCCC1. The van der Waals surface area contributed by atoms with Crippen molar-refractivity contribution in [2.45, 2.75) is 17.7 Å². The van der Waals surface area contributed by atoms with E-state index in [9.17, 15) is 4.21 Å². The molecule has 1 saturated heterocycles. The molecule has 1 heterocycles. The lowest BCUT2D eigenvalue weighted by Crippen LogP contribution is -1.99. The van der Waals surface area contributed by atoms with Crippen LogP contribution in [0.4, 0.5) is 5.69 Å². The highest BCUT2D eigenvalue weighted by Gasteiger charge is 2.17. The molecule has 0 unspecified atom stereocenters. The van der Waals surface area contributed by atoms with E-state index in [0.29, 0.717) is 27.1 Å². The van der Waals surface area contributed by atoms with E-state index in [-0.39, 0.29) is 0 Å². The number of hydrogen-bond acceptors (Lipinski definition) is 3. The lowest BCUT2D eigenvalue weighted by atomic mass is 10.3. The van der Waals surface area contributed by atoms with Crippen LogP contribution in [-0.4, -0.2) is 15.7 Å². The Morgan fingerprint density at radius 2 is 2.00 bits per heavy atom. The molecule has 2 nitrogen and oxygen atoms in total. The van der Waals surface area contributed by atoms with E-state index in [0.717, 1.165) is 12.8 Å². The van der Waals surface area contributed by atoms with Crippen LogP contribution < -0.4 is 0 Å². The van der Waals surface area contributed by atoms with Crippen molar-refractivity contribution in [3.63, 3.8) is 0 Å². The zero-order chi connectivity index (χ0) is 10.9. The van der Waals surface area contributed by atoms with Crippen LogP contribution >= 0.6 is 24.2 Å². The Labute approximate surface area is 101 Å². The van der Waals surface area contributed by atoms with Gasteiger partial charge in [0.25, 0.3) is 0 Å². The molecule has 82 valence electrons. The first-order chi connectivity index (χ1) is 7.11. The Bertz CT molecular complexity index is 480. The van der Waals surface area contributed by atoms with Crippen molar-refractivity contribution in [1.82, 2.24) is 0 Å². The highest BCUT2D eigenvalue weighted by Crippen LogP contribution is 2.32. The van der Waals surface area contributed by atoms with Crippen molar-refractivity contribution in [2.24, 2.45) is 4.36 Å². The van der Waals surface area contributed by atoms with Crippen LogP contribution in [0.3, 0.4) is 0 Å². The molecule has 1 fully saturated rings. The summed E-state index contributed by atoms with van der Waals surface area (Å²) in [5, 5.41) is 0.496. The normalized spacial score (nSPS) is 19.1. The Kier molecular flexibility index (Phi) is 3.28. The van der Waals surface area contributed by atoms with Crippen LogP contribution in [0.2, 0.25) is 5.02 Å². The molecular formula is C10H12ClNOS2. The lowest BCUT2D eigenvalue weighted by Gasteiger charge is -2.03. The molecule has 0 aliphatic carbocycles. The van der Waals surface area contributed by atoms with Crippen LogP contribution in [0, 0.1) is 0 Å². The van der Waals surface area contributed by atoms with Crippen molar-refractivity contribution < 1.29 is 4.21 Å². The lowest BCUT2D eigenvalue weighted by molar-refractivity contribution is 0.681. The first-order valence-electron chi connectivity index (χ1n) is 4.81. The van der Waals surface area contributed by atoms with Crippen molar-refractivity contribution in [1.29, 1.82) is 0 Å². The van der Waals surface area contributed by atoms with Gasteiger partial charge in [-0.25, -0.2) is 4.21 Å². The maximum Gasteiger partial charge on any atom is 0.0927 e. The summed E-state index contributed by atoms with van der Waals surface area (Å²) in [6.07, 6.45) is 2.00. The van der Waals surface area contributed by atoms with Gasteiger partial charge in [-0.15, -0.1) is 12.6 Å². The van der Waals surface area contributed by atoms with Crippen LogP contribution in [0.5, 0.6) is 0 Å². The molecule has 5 heteroatoms. The fourth-order valence-electron chi connectivity index (χ4n) is 1.61. The predicted octanol–water partition coefficient (Wildman–Crippen LogP) is 3.52. The van der Waals surface area contributed by atoms with Crippen molar-refractivity contribution in [2.75, 3.05) is 11.5 Å². The van der Waals surface area contributed by atoms with E-state index in [4.69, 9.17) is 11.6 Å². The number of benzene rings is 1. The minimum Gasteiger partial charge on any atom is -0.249 e. The van der Waals surface area contributed by atoms with Gasteiger partial charge in [0.15, 0.2) is 0 Å². The standard InChI is InChI=1S/C10H12ClNOS2/c11-10-8(4-3-5-9(10)14)12-15(13)6-1-2-7-15/h3-5,14H,1-2,6-7H2. The molecule has 0 aromatic heterocycles. The molecule has 15 heavy (non-hydrogen) atoms. The van der Waals surface area contributed by atoms with Crippen LogP contribution in [0.1, 0.15) is 12.8 Å². The second-order valence-corrected chi connectivity index (χ2v) is 6.99. The van der Waals surface area contributed by atoms with Gasteiger partial charge in [-0.05, 0) is 25.0 Å².